The summed E-state index contributed by atoms with van der Waals surface area (Å²) in [5, 5.41) is 14.0. The third kappa shape index (κ3) is 2.07. The average Bonchev–Trinajstić information content (AvgIpc) is 2.77. The zero-order valence-electron chi connectivity index (χ0n) is 21.4. The van der Waals surface area contributed by atoms with Gasteiger partial charge in [0.25, 0.3) is 0 Å². The van der Waals surface area contributed by atoms with E-state index in [0.717, 1.165) is 29.0 Å². The summed E-state index contributed by atoms with van der Waals surface area (Å²) in [6.07, 6.45) is 4.12. The summed E-state index contributed by atoms with van der Waals surface area (Å²) in [4.78, 5) is 27.6. The first-order valence-electron chi connectivity index (χ1n) is 13.2. The number of halogens is 1. The highest BCUT2D eigenvalue weighted by Gasteiger charge is 3.13. The molecule has 0 spiro atoms. The van der Waals surface area contributed by atoms with Crippen molar-refractivity contribution in [1.82, 2.24) is 10.2 Å². The Morgan fingerprint density at radius 1 is 1.14 bits per heavy atom. The molecule has 1 aromatic carbocycles. The van der Waals surface area contributed by atoms with Gasteiger partial charge in [0.1, 0.15) is 0 Å². The Labute approximate surface area is 212 Å². The van der Waals surface area contributed by atoms with Gasteiger partial charge in [0.15, 0.2) is 0 Å². The molecule has 1 heterocycles. The number of carbonyl (C=O) groups is 2. The van der Waals surface area contributed by atoms with Crippen molar-refractivity contribution in [3.8, 4) is 0 Å². The lowest BCUT2D eigenvalue weighted by Crippen LogP contribution is -3.16. The largest absolute Gasteiger partial charge is 0.481 e. The van der Waals surface area contributed by atoms with Crippen LogP contribution in [0.15, 0.2) is 30.0 Å². The number of hydrogen-bond donors (Lipinski definition) is 2. The maximum Gasteiger partial charge on any atom is 0.322 e. The molecule has 35 heavy (non-hydrogen) atoms. The molecule has 186 valence electrons. The highest BCUT2D eigenvalue weighted by Crippen LogP contribution is 3.08. The third-order valence-corrected chi connectivity index (χ3v) is 11.5. The van der Waals surface area contributed by atoms with Gasteiger partial charge in [-0.3, -0.25) is 9.69 Å². The first-order chi connectivity index (χ1) is 16.3. The Kier molecular flexibility index (Phi) is 3.87. The van der Waals surface area contributed by atoms with Crippen LogP contribution in [0.25, 0.3) is 0 Å². The third-order valence-electron chi connectivity index (χ3n) is 11.2. The van der Waals surface area contributed by atoms with Gasteiger partial charge in [-0.05, 0) is 89.4 Å². The minimum Gasteiger partial charge on any atom is -0.481 e. The lowest BCUT2D eigenvalue weighted by Gasteiger charge is -3.10. The molecular formula is C29H35ClN2O3. The van der Waals surface area contributed by atoms with Crippen LogP contribution in [-0.2, 0) is 16.8 Å². The van der Waals surface area contributed by atoms with E-state index in [-0.39, 0.29) is 22.9 Å². The fourth-order valence-corrected chi connectivity index (χ4v) is 10.2. The molecule has 5 nitrogen and oxygen atoms in total. The molecule has 6 saturated carbocycles. The summed E-state index contributed by atoms with van der Waals surface area (Å²) in [6, 6.07) is 6.22. The Morgan fingerprint density at radius 2 is 1.74 bits per heavy atom. The zero-order valence-corrected chi connectivity index (χ0v) is 22.1. The quantitative estimate of drug-likeness (QED) is 0.535. The van der Waals surface area contributed by atoms with E-state index in [0.29, 0.717) is 35.5 Å². The Hall–Kier alpha value is -2.01. The molecule has 0 aromatic heterocycles. The van der Waals surface area contributed by atoms with Crippen molar-refractivity contribution in [2.45, 2.75) is 65.5 Å². The number of rotatable bonds is 6. The predicted octanol–water partition coefficient (Wildman–Crippen LogP) is 5.67. The number of carbonyl (C=O) groups excluding carboxylic acids is 1. The maximum absolute atomic E-state index is 13.7. The standard InChI is InChI=1S/C29H35ClN2O3/c1-13(2)16-12-32(29-21-18-22(29)20-23(29)19(21)28(18,20)24(33)34)25(35)31-27(16,6)15-8-7-14(17(30)11-15)9-10-26(3,4)5/h7-8,11-13,18-23H,9-10H2,1-6H3,(H,31,35)(H,33,34)/t18?,19?,20?,21?,22?,23?,27-,28?,29?/m0/s1. The van der Waals surface area contributed by atoms with Crippen LogP contribution in [0.4, 0.5) is 4.79 Å². The van der Waals surface area contributed by atoms with Gasteiger partial charge in [-0.25, -0.2) is 4.79 Å². The van der Waals surface area contributed by atoms with Gasteiger partial charge in [0, 0.05) is 11.2 Å². The number of urea groups is 1. The predicted molar refractivity (Wildman–Crippen MR) is 134 cm³/mol. The van der Waals surface area contributed by atoms with Crippen LogP contribution in [0.1, 0.15) is 59.1 Å². The lowest BCUT2D eigenvalue weighted by atomic mass is 8.94. The van der Waals surface area contributed by atoms with Crippen LogP contribution >= 0.6 is 11.6 Å². The molecule has 0 unspecified atom stereocenters. The number of aliphatic carboxylic acids is 1. The van der Waals surface area contributed by atoms with Crippen molar-refractivity contribution >= 4 is 23.6 Å². The molecule has 0 radical (unpaired) electrons. The van der Waals surface area contributed by atoms with Crippen molar-refractivity contribution in [2.24, 2.45) is 52.3 Å². The van der Waals surface area contributed by atoms with Gasteiger partial charge in [-0.1, -0.05) is 58.4 Å². The van der Waals surface area contributed by atoms with Crippen LogP contribution in [0.3, 0.4) is 0 Å². The summed E-state index contributed by atoms with van der Waals surface area (Å²) >= 11 is 6.76. The van der Waals surface area contributed by atoms with E-state index in [1.807, 2.05) is 11.0 Å². The van der Waals surface area contributed by atoms with Crippen LogP contribution in [-0.4, -0.2) is 27.5 Å². The summed E-state index contributed by atoms with van der Waals surface area (Å²) < 4.78 is 0. The van der Waals surface area contributed by atoms with Crippen LogP contribution in [0.2, 0.25) is 5.02 Å². The second-order valence-corrected chi connectivity index (χ2v) is 14.2. The molecule has 6 fully saturated rings. The van der Waals surface area contributed by atoms with Gasteiger partial charge < -0.3 is 10.4 Å². The van der Waals surface area contributed by atoms with Gasteiger partial charge in [0.05, 0.1) is 16.5 Å². The number of amides is 2. The maximum atomic E-state index is 13.7. The van der Waals surface area contributed by atoms with Crippen molar-refractivity contribution in [1.29, 1.82) is 0 Å². The van der Waals surface area contributed by atoms with E-state index in [4.69, 9.17) is 11.6 Å². The van der Waals surface area contributed by atoms with Gasteiger partial charge in [0.2, 0.25) is 0 Å². The topological polar surface area (TPSA) is 69.6 Å². The van der Waals surface area contributed by atoms with E-state index in [1.54, 1.807) is 0 Å². The van der Waals surface area contributed by atoms with Gasteiger partial charge in [-0.2, -0.15) is 0 Å². The molecule has 1 atom stereocenters. The van der Waals surface area contributed by atoms with E-state index >= 15 is 0 Å². The van der Waals surface area contributed by atoms with Crippen molar-refractivity contribution in [2.75, 3.05) is 0 Å². The van der Waals surface area contributed by atoms with E-state index < -0.39 is 16.9 Å². The number of nitrogens with one attached hydrogen (secondary N) is 1. The number of nitrogens with zero attached hydrogens (tertiary/aromatic N) is 1. The molecule has 6 heteroatoms. The number of hydrogen-bond acceptors (Lipinski definition) is 2. The summed E-state index contributed by atoms with van der Waals surface area (Å²) in [6.45, 7) is 13.2. The molecule has 1 aromatic rings. The molecule has 2 amide bonds. The normalized spacial score (nSPS) is 45.3. The number of aryl methyl sites for hydroxylation is 1. The molecule has 0 bridgehead atoms. The molecule has 7 aliphatic rings. The Bertz CT molecular complexity index is 1190. The Morgan fingerprint density at radius 3 is 2.23 bits per heavy atom. The van der Waals surface area contributed by atoms with Crippen molar-refractivity contribution in [3.05, 3.63) is 46.1 Å². The van der Waals surface area contributed by atoms with Crippen LogP contribution < -0.4 is 5.32 Å². The average molecular weight is 495 g/mol. The minimum absolute atomic E-state index is 0.0510. The molecule has 1 aliphatic heterocycles. The molecule has 6 aliphatic carbocycles. The number of benzene rings is 1. The molecular weight excluding hydrogens is 460 g/mol. The SMILES string of the molecule is CC(C)C1=CN(C23C4C5C2C2C3C4C52C(=O)O)C(=O)N[C@@]1(C)c1ccc(CCC(C)(C)C)c(Cl)c1. The first kappa shape index (κ1) is 22.2. The lowest BCUT2D eigenvalue weighted by molar-refractivity contribution is -0.623. The van der Waals surface area contributed by atoms with Crippen LogP contribution in [0, 0.1) is 52.3 Å². The van der Waals surface area contributed by atoms with Crippen molar-refractivity contribution in [3.63, 3.8) is 0 Å². The highest BCUT2D eigenvalue weighted by molar-refractivity contribution is 6.31. The zero-order chi connectivity index (χ0) is 25.0. The fraction of sp³-hybridized carbons (Fsp3) is 0.655. The smallest absolute Gasteiger partial charge is 0.322 e. The monoisotopic (exact) mass is 494 g/mol. The molecule has 0 saturated heterocycles. The fourth-order valence-electron chi connectivity index (χ4n) is 9.88. The van der Waals surface area contributed by atoms with Crippen LogP contribution in [0.5, 0.6) is 0 Å². The highest BCUT2D eigenvalue weighted by atomic mass is 35.5. The second kappa shape index (κ2) is 6.10. The van der Waals surface area contributed by atoms with E-state index in [1.165, 1.54) is 5.57 Å². The molecule has 8 rings (SSSR count). The van der Waals surface area contributed by atoms with E-state index in [9.17, 15) is 14.7 Å². The second-order valence-electron chi connectivity index (χ2n) is 13.8. The van der Waals surface area contributed by atoms with E-state index in [2.05, 4.69) is 65.2 Å². The minimum atomic E-state index is -0.630. The molecule has 2 N–H and O–H groups in total. The van der Waals surface area contributed by atoms with Gasteiger partial charge >= 0.3 is 12.0 Å². The summed E-state index contributed by atoms with van der Waals surface area (Å²) in [5.41, 5.74) is 2.42. The number of carboxylic acids is 1. The first-order valence-corrected chi connectivity index (χ1v) is 13.6. The van der Waals surface area contributed by atoms with Crippen molar-refractivity contribution < 1.29 is 14.7 Å². The van der Waals surface area contributed by atoms with Gasteiger partial charge in [-0.15, -0.1) is 0 Å². The Balaban J connectivity index is 1.19. The summed E-state index contributed by atoms with van der Waals surface area (Å²) in [5.74, 6) is 1.70. The number of carboxylic acid groups (broad SMARTS) is 1. The summed E-state index contributed by atoms with van der Waals surface area (Å²) in [7, 11) is 0.